The Morgan fingerprint density at radius 2 is 2.08 bits per heavy atom. The van der Waals surface area contributed by atoms with Crippen molar-refractivity contribution in [2.24, 2.45) is 5.92 Å². The fourth-order valence-electron chi connectivity index (χ4n) is 2.46. The minimum absolute atomic E-state index is 0.0528. The molecule has 0 saturated carbocycles. The van der Waals surface area contributed by atoms with E-state index in [0.29, 0.717) is 19.5 Å². The monoisotopic (exact) mass is 358 g/mol. The fraction of sp³-hybridized carbons (Fsp3) is 0.562. The van der Waals surface area contributed by atoms with Crippen LogP contribution in [0.15, 0.2) is 30.4 Å². The summed E-state index contributed by atoms with van der Waals surface area (Å²) in [5.74, 6) is -3.13. The number of hydrogen-bond acceptors (Lipinski definition) is 3. The number of nitrogens with one attached hydrogen (secondary N) is 1. The molecule has 1 aromatic heterocycles. The summed E-state index contributed by atoms with van der Waals surface area (Å²) in [7, 11) is 0. The smallest absolute Gasteiger partial charge is 0.352 e. The second-order valence-corrected chi connectivity index (χ2v) is 6.06. The summed E-state index contributed by atoms with van der Waals surface area (Å²) >= 11 is 0. The highest BCUT2D eigenvalue weighted by molar-refractivity contribution is 5.80. The van der Waals surface area contributed by atoms with Crippen molar-refractivity contribution < 1.29 is 22.8 Å². The van der Waals surface area contributed by atoms with Gasteiger partial charge in [0.05, 0.1) is 6.33 Å². The molecule has 6 nitrogen and oxygen atoms in total. The van der Waals surface area contributed by atoms with Crippen LogP contribution in [0.25, 0.3) is 0 Å². The first-order chi connectivity index (χ1) is 11.7. The van der Waals surface area contributed by atoms with Crippen LogP contribution in [0.4, 0.5) is 13.2 Å². The molecule has 0 saturated heterocycles. The van der Waals surface area contributed by atoms with Gasteiger partial charge in [0.1, 0.15) is 12.0 Å². The summed E-state index contributed by atoms with van der Waals surface area (Å²) in [6, 6.07) is -0.371. The van der Waals surface area contributed by atoms with E-state index in [1.54, 1.807) is 41.2 Å². The van der Waals surface area contributed by atoms with Gasteiger partial charge in [-0.3, -0.25) is 9.59 Å². The van der Waals surface area contributed by atoms with E-state index in [1.165, 1.54) is 0 Å². The maximum absolute atomic E-state index is 12.5. The van der Waals surface area contributed by atoms with Gasteiger partial charge >= 0.3 is 6.18 Å². The first-order valence-corrected chi connectivity index (χ1v) is 7.98. The Bertz CT molecular complexity index is 640. The third-order valence-corrected chi connectivity index (χ3v) is 4.32. The van der Waals surface area contributed by atoms with E-state index in [-0.39, 0.29) is 18.5 Å². The summed E-state index contributed by atoms with van der Waals surface area (Å²) in [5.41, 5.74) is 0.821. The quantitative estimate of drug-likeness (QED) is 0.818. The molecule has 2 amide bonds. The zero-order chi connectivity index (χ0) is 18.6. The fourth-order valence-corrected chi connectivity index (χ4v) is 2.46. The molecule has 0 radical (unpaired) electrons. The van der Waals surface area contributed by atoms with E-state index in [1.807, 2.05) is 0 Å². The number of imidazole rings is 1. The average Bonchev–Trinajstić information content (AvgIpc) is 3.12. The van der Waals surface area contributed by atoms with Crippen LogP contribution in [0.2, 0.25) is 0 Å². The van der Waals surface area contributed by atoms with Gasteiger partial charge in [0.25, 0.3) is 0 Å². The maximum Gasteiger partial charge on any atom is 0.400 e. The van der Waals surface area contributed by atoms with Crippen LogP contribution >= 0.6 is 0 Å². The van der Waals surface area contributed by atoms with E-state index in [4.69, 9.17) is 0 Å². The second kappa shape index (κ2) is 7.71. The molecule has 1 aliphatic rings. The topological polar surface area (TPSA) is 67.2 Å². The molecule has 0 aromatic carbocycles. The predicted molar refractivity (Wildman–Crippen MR) is 84.4 cm³/mol. The largest absolute Gasteiger partial charge is 0.400 e. The Balaban J connectivity index is 1.84. The number of rotatable bonds is 5. The molecular weight excluding hydrogens is 337 g/mol. The lowest BCUT2D eigenvalue weighted by Gasteiger charge is -2.29. The molecule has 1 N–H and O–H groups in total. The van der Waals surface area contributed by atoms with Crippen molar-refractivity contribution in [3.05, 3.63) is 30.4 Å². The highest BCUT2D eigenvalue weighted by atomic mass is 19.4. The van der Waals surface area contributed by atoms with Gasteiger partial charge < -0.3 is 14.8 Å². The lowest BCUT2D eigenvalue weighted by molar-refractivity contribution is -0.178. The molecule has 2 rings (SSSR count). The van der Waals surface area contributed by atoms with Crippen molar-refractivity contribution in [2.45, 2.75) is 32.5 Å². The van der Waals surface area contributed by atoms with E-state index < -0.39 is 18.0 Å². The number of aromatic nitrogens is 2. The Morgan fingerprint density at radius 1 is 1.36 bits per heavy atom. The summed E-state index contributed by atoms with van der Waals surface area (Å²) in [6.07, 6.45) is 2.64. The van der Waals surface area contributed by atoms with Gasteiger partial charge in [-0.05, 0) is 20.3 Å². The van der Waals surface area contributed by atoms with Crippen LogP contribution in [0, 0.1) is 5.92 Å². The van der Waals surface area contributed by atoms with Crippen molar-refractivity contribution in [3.63, 3.8) is 0 Å². The zero-order valence-electron chi connectivity index (χ0n) is 14.1. The molecule has 1 aliphatic heterocycles. The van der Waals surface area contributed by atoms with Crippen molar-refractivity contribution in [1.29, 1.82) is 0 Å². The molecule has 0 bridgehead atoms. The van der Waals surface area contributed by atoms with E-state index >= 15 is 0 Å². The van der Waals surface area contributed by atoms with Gasteiger partial charge in [0.2, 0.25) is 11.8 Å². The third kappa shape index (κ3) is 4.83. The van der Waals surface area contributed by atoms with Gasteiger partial charge in [0.15, 0.2) is 0 Å². The highest BCUT2D eigenvalue weighted by Crippen LogP contribution is 2.25. The molecule has 138 valence electrons. The third-order valence-electron chi connectivity index (χ3n) is 4.32. The predicted octanol–water partition coefficient (Wildman–Crippen LogP) is 1.92. The van der Waals surface area contributed by atoms with Crippen LogP contribution in [-0.4, -0.2) is 52.1 Å². The molecule has 9 heteroatoms. The molecule has 0 aliphatic carbocycles. The van der Waals surface area contributed by atoms with Gasteiger partial charge in [-0.25, -0.2) is 4.98 Å². The van der Waals surface area contributed by atoms with Gasteiger partial charge in [-0.1, -0.05) is 11.6 Å². The summed E-state index contributed by atoms with van der Waals surface area (Å²) in [6.45, 7) is 3.52. The van der Waals surface area contributed by atoms with Crippen molar-refractivity contribution >= 4 is 11.8 Å². The first-order valence-electron chi connectivity index (χ1n) is 7.98. The maximum atomic E-state index is 12.5. The Kier molecular flexibility index (Phi) is 5.86. The number of carbonyl (C=O) groups is 2. The van der Waals surface area contributed by atoms with E-state index in [2.05, 4.69) is 10.3 Å². The molecule has 0 fully saturated rings. The molecule has 2 unspecified atom stereocenters. The average molecular weight is 358 g/mol. The van der Waals surface area contributed by atoms with Crippen molar-refractivity contribution in [3.8, 4) is 0 Å². The van der Waals surface area contributed by atoms with Crippen LogP contribution in [-0.2, 0) is 9.59 Å². The highest BCUT2D eigenvalue weighted by Gasteiger charge is 2.41. The Labute approximate surface area is 143 Å². The number of carbonyl (C=O) groups excluding carboxylic acids is 2. The Hall–Kier alpha value is -2.32. The SMILES string of the molecule is CC(C(=O)N1CC=C(CNC(=O)C(C)C(F)(F)F)CC1)n1ccnc1. The van der Waals surface area contributed by atoms with E-state index in [0.717, 1.165) is 12.5 Å². The van der Waals surface area contributed by atoms with Crippen LogP contribution in [0.5, 0.6) is 0 Å². The first kappa shape index (κ1) is 19.0. The molecule has 1 aromatic rings. The number of alkyl halides is 3. The van der Waals surface area contributed by atoms with Crippen molar-refractivity contribution in [1.82, 2.24) is 19.8 Å². The molecular formula is C16H21F3N4O2. The molecule has 0 spiro atoms. The Morgan fingerprint density at radius 3 is 2.60 bits per heavy atom. The van der Waals surface area contributed by atoms with Gasteiger partial charge in [-0.15, -0.1) is 0 Å². The lowest BCUT2D eigenvalue weighted by atomic mass is 10.1. The number of halogens is 3. The van der Waals surface area contributed by atoms with Gasteiger partial charge in [-0.2, -0.15) is 13.2 Å². The zero-order valence-corrected chi connectivity index (χ0v) is 14.1. The summed E-state index contributed by atoms with van der Waals surface area (Å²) < 4.78 is 39.1. The standard InChI is InChI=1S/C16H21F3N4O2/c1-11(16(17,18)19)14(24)21-9-13-3-6-22(7-4-13)15(25)12(2)23-8-5-20-10-23/h3,5,8,10-12H,4,6-7,9H2,1-2H3,(H,21,24). The molecule has 2 heterocycles. The number of nitrogens with zero attached hydrogens (tertiary/aromatic N) is 3. The minimum Gasteiger partial charge on any atom is -0.352 e. The van der Waals surface area contributed by atoms with Crippen LogP contribution < -0.4 is 5.32 Å². The number of hydrogen-bond donors (Lipinski definition) is 1. The van der Waals surface area contributed by atoms with Crippen molar-refractivity contribution in [2.75, 3.05) is 19.6 Å². The number of amides is 2. The minimum atomic E-state index is -4.54. The molecule has 25 heavy (non-hydrogen) atoms. The van der Waals surface area contributed by atoms with Gasteiger partial charge in [0, 0.05) is 32.0 Å². The summed E-state index contributed by atoms with van der Waals surface area (Å²) in [4.78, 5) is 29.5. The lowest BCUT2D eigenvalue weighted by Crippen LogP contribution is -2.41. The molecule has 2 atom stereocenters. The summed E-state index contributed by atoms with van der Waals surface area (Å²) in [5, 5.41) is 2.30. The van der Waals surface area contributed by atoms with Crippen LogP contribution in [0.1, 0.15) is 26.3 Å². The second-order valence-electron chi connectivity index (χ2n) is 6.06. The normalized spacial score (nSPS) is 17.6. The van der Waals surface area contributed by atoms with E-state index in [9.17, 15) is 22.8 Å². The van der Waals surface area contributed by atoms with Crippen LogP contribution in [0.3, 0.4) is 0 Å².